The van der Waals surface area contributed by atoms with Crippen LogP contribution in [0.15, 0.2) is 72.8 Å². The number of nitrogens with two attached hydrogens (primary N) is 1. The number of benzene rings is 3. The van der Waals surface area contributed by atoms with E-state index in [1.165, 1.54) is 0 Å². The molecular formula is C31H36N4O3. The summed E-state index contributed by atoms with van der Waals surface area (Å²) in [5.41, 5.74) is 10.2. The number of anilines is 1. The Labute approximate surface area is 224 Å². The van der Waals surface area contributed by atoms with Crippen molar-refractivity contribution < 1.29 is 14.4 Å². The van der Waals surface area contributed by atoms with Gasteiger partial charge in [0.05, 0.1) is 12.1 Å². The van der Waals surface area contributed by atoms with Gasteiger partial charge < -0.3 is 21.3 Å². The molecule has 3 amide bonds. The van der Waals surface area contributed by atoms with Crippen molar-refractivity contribution in [3.8, 4) is 11.1 Å². The van der Waals surface area contributed by atoms with E-state index in [1.807, 2.05) is 86.6 Å². The average molecular weight is 513 g/mol. The molecule has 4 rings (SSSR count). The summed E-state index contributed by atoms with van der Waals surface area (Å²) >= 11 is 0. The third kappa shape index (κ3) is 5.78. The minimum absolute atomic E-state index is 0.104. The van der Waals surface area contributed by atoms with Crippen molar-refractivity contribution in [2.24, 2.45) is 11.7 Å². The largest absolute Gasteiger partial charge is 0.352 e. The number of hydrogen-bond donors (Lipinski definition) is 3. The number of fused-ring (bicyclic) bond motifs is 1. The molecule has 1 aliphatic rings. The highest BCUT2D eigenvalue weighted by Crippen LogP contribution is 2.32. The summed E-state index contributed by atoms with van der Waals surface area (Å²) in [5, 5.41) is 5.78. The molecule has 0 saturated carbocycles. The molecule has 2 unspecified atom stereocenters. The average Bonchev–Trinajstić information content (AvgIpc) is 2.99. The molecule has 7 heteroatoms. The molecule has 7 nitrogen and oxygen atoms in total. The molecule has 2 atom stereocenters. The standard InChI is InChI=1S/C31H36N4O3/c1-5-33-28(36)25-12-8-7-11-24(25)22-16-14-21(15-17-22)19-35-26-13-9-6-10-23(26)18-20(2)27(29(35)37)34-30(38)31(3,4)32/h6-17,20,27H,5,18-19,32H2,1-4H3,(H,33,36)(H,34,38). The van der Waals surface area contributed by atoms with Crippen molar-refractivity contribution in [2.75, 3.05) is 11.4 Å². The van der Waals surface area contributed by atoms with Gasteiger partial charge in [0, 0.05) is 17.8 Å². The Kier molecular flexibility index (Phi) is 7.97. The zero-order chi connectivity index (χ0) is 27.4. The smallest absolute Gasteiger partial charge is 0.251 e. The first-order valence-corrected chi connectivity index (χ1v) is 13.1. The van der Waals surface area contributed by atoms with E-state index in [-0.39, 0.29) is 23.6 Å². The van der Waals surface area contributed by atoms with E-state index in [9.17, 15) is 14.4 Å². The SMILES string of the molecule is CCNC(=O)c1ccccc1-c1ccc(CN2C(=O)C(NC(=O)C(C)(C)N)C(C)Cc3ccccc32)cc1. The van der Waals surface area contributed by atoms with Crippen molar-refractivity contribution in [1.29, 1.82) is 0 Å². The lowest BCUT2D eigenvalue weighted by molar-refractivity contribution is -0.131. The summed E-state index contributed by atoms with van der Waals surface area (Å²) in [6.07, 6.45) is 0.657. The van der Waals surface area contributed by atoms with Crippen LogP contribution in [-0.4, -0.2) is 35.8 Å². The Morgan fingerprint density at radius 3 is 2.34 bits per heavy atom. The highest BCUT2D eigenvalue weighted by atomic mass is 16.2. The van der Waals surface area contributed by atoms with Gasteiger partial charge in [-0.25, -0.2) is 0 Å². The van der Waals surface area contributed by atoms with Gasteiger partial charge in [0.1, 0.15) is 6.04 Å². The number of nitrogens with zero attached hydrogens (tertiary/aromatic N) is 1. The van der Waals surface area contributed by atoms with Gasteiger partial charge in [0.15, 0.2) is 0 Å². The predicted octanol–water partition coefficient (Wildman–Crippen LogP) is 4.05. The lowest BCUT2D eigenvalue weighted by atomic mass is 9.93. The highest BCUT2D eigenvalue weighted by molar-refractivity contribution is 6.02. The van der Waals surface area contributed by atoms with Crippen LogP contribution < -0.4 is 21.3 Å². The van der Waals surface area contributed by atoms with Gasteiger partial charge in [0.2, 0.25) is 11.8 Å². The van der Waals surface area contributed by atoms with E-state index < -0.39 is 11.6 Å². The fourth-order valence-corrected chi connectivity index (χ4v) is 4.80. The zero-order valence-electron chi connectivity index (χ0n) is 22.5. The maximum Gasteiger partial charge on any atom is 0.251 e. The summed E-state index contributed by atoms with van der Waals surface area (Å²) in [5.74, 6) is -0.732. The summed E-state index contributed by atoms with van der Waals surface area (Å²) in [6.45, 7) is 8.04. The first-order chi connectivity index (χ1) is 18.1. The van der Waals surface area contributed by atoms with E-state index >= 15 is 0 Å². The van der Waals surface area contributed by atoms with Crippen LogP contribution in [0.2, 0.25) is 0 Å². The number of para-hydroxylation sites is 1. The van der Waals surface area contributed by atoms with E-state index in [1.54, 1.807) is 18.7 Å². The molecule has 0 aliphatic carbocycles. The molecule has 0 fully saturated rings. The number of carbonyl (C=O) groups excluding carboxylic acids is 3. The van der Waals surface area contributed by atoms with Gasteiger partial charge >= 0.3 is 0 Å². The molecule has 1 aliphatic heterocycles. The zero-order valence-corrected chi connectivity index (χ0v) is 22.5. The minimum atomic E-state index is -1.09. The van der Waals surface area contributed by atoms with Crippen LogP contribution in [-0.2, 0) is 22.6 Å². The number of carbonyl (C=O) groups is 3. The molecule has 0 bridgehead atoms. The Hall–Kier alpha value is -3.97. The van der Waals surface area contributed by atoms with E-state index in [0.717, 1.165) is 27.9 Å². The van der Waals surface area contributed by atoms with Gasteiger partial charge in [-0.1, -0.05) is 67.6 Å². The molecule has 1 heterocycles. The predicted molar refractivity (Wildman–Crippen MR) is 151 cm³/mol. The Balaban J connectivity index is 1.64. The third-order valence-corrected chi connectivity index (χ3v) is 6.91. The Morgan fingerprint density at radius 1 is 1.00 bits per heavy atom. The number of nitrogens with one attached hydrogen (secondary N) is 2. The number of rotatable bonds is 7. The van der Waals surface area contributed by atoms with Crippen LogP contribution >= 0.6 is 0 Å². The maximum absolute atomic E-state index is 13.9. The van der Waals surface area contributed by atoms with Gasteiger partial charge in [0.25, 0.3) is 5.91 Å². The second-order valence-electron chi connectivity index (χ2n) is 10.5. The molecule has 0 aromatic heterocycles. The van der Waals surface area contributed by atoms with E-state index in [2.05, 4.69) is 10.6 Å². The minimum Gasteiger partial charge on any atom is -0.352 e. The second-order valence-corrected chi connectivity index (χ2v) is 10.5. The molecule has 0 spiro atoms. The van der Waals surface area contributed by atoms with Crippen molar-refractivity contribution in [3.05, 3.63) is 89.5 Å². The fraction of sp³-hybridized carbons (Fsp3) is 0.323. The Morgan fingerprint density at radius 2 is 1.66 bits per heavy atom. The van der Waals surface area contributed by atoms with Gasteiger partial charge in [-0.15, -0.1) is 0 Å². The van der Waals surface area contributed by atoms with Crippen LogP contribution in [0.4, 0.5) is 5.69 Å². The topological polar surface area (TPSA) is 105 Å². The van der Waals surface area contributed by atoms with Crippen LogP contribution in [0, 0.1) is 5.92 Å². The molecule has 4 N–H and O–H groups in total. The van der Waals surface area contributed by atoms with Gasteiger partial charge in [-0.3, -0.25) is 14.4 Å². The van der Waals surface area contributed by atoms with E-state index in [0.29, 0.717) is 25.1 Å². The summed E-state index contributed by atoms with van der Waals surface area (Å²) in [6, 6.07) is 22.6. The molecule has 0 radical (unpaired) electrons. The van der Waals surface area contributed by atoms with Crippen LogP contribution in [0.5, 0.6) is 0 Å². The first kappa shape index (κ1) is 27.1. The number of amides is 3. The lowest BCUT2D eigenvalue weighted by Crippen LogP contribution is -2.58. The fourth-order valence-electron chi connectivity index (χ4n) is 4.80. The quantitative estimate of drug-likeness (QED) is 0.444. The molecule has 38 heavy (non-hydrogen) atoms. The number of hydrogen-bond acceptors (Lipinski definition) is 4. The van der Waals surface area contributed by atoms with Crippen LogP contribution in [0.25, 0.3) is 11.1 Å². The summed E-state index contributed by atoms with van der Waals surface area (Å²) < 4.78 is 0. The molecule has 3 aromatic rings. The van der Waals surface area contributed by atoms with Gasteiger partial charge in [-0.05, 0) is 67.5 Å². The van der Waals surface area contributed by atoms with Crippen LogP contribution in [0.1, 0.15) is 49.2 Å². The van der Waals surface area contributed by atoms with Crippen molar-refractivity contribution >= 4 is 23.4 Å². The first-order valence-electron chi connectivity index (χ1n) is 13.1. The summed E-state index contributed by atoms with van der Waals surface area (Å²) in [7, 11) is 0. The third-order valence-electron chi connectivity index (χ3n) is 6.91. The normalized spacial score (nSPS) is 17.4. The summed E-state index contributed by atoms with van der Waals surface area (Å²) in [4.78, 5) is 40.9. The molecule has 198 valence electrons. The monoisotopic (exact) mass is 512 g/mol. The second kappa shape index (κ2) is 11.2. The van der Waals surface area contributed by atoms with Crippen molar-refractivity contribution in [1.82, 2.24) is 10.6 Å². The van der Waals surface area contributed by atoms with Gasteiger partial charge in [-0.2, -0.15) is 0 Å². The Bertz CT molecular complexity index is 1330. The highest BCUT2D eigenvalue weighted by Gasteiger charge is 2.37. The molecule has 3 aromatic carbocycles. The van der Waals surface area contributed by atoms with E-state index in [4.69, 9.17) is 5.73 Å². The van der Waals surface area contributed by atoms with Crippen molar-refractivity contribution in [2.45, 2.75) is 52.2 Å². The lowest BCUT2D eigenvalue weighted by Gasteiger charge is -2.30. The van der Waals surface area contributed by atoms with Crippen molar-refractivity contribution in [3.63, 3.8) is 0 Å². The molecular weight excluding hydrogens is 476 g/mol. The van der Waals surface area contributed by atoms with Crippen LogP contribution in [0.3, 0.4) is 0 Å². The maximum atomic E-state index is 13.9. The molecule has 0 saturated heterocycles.